The fourth-order valence-electron chi connectivity index (χ4n) is 12.3. The molecule has 3 saturated heterocycles. The minimum Gasteiger partial charge on any atom is -0.394 e. The fourth-order valence-corrected chi connectivity index (χ4v) is 12.3. The number of aliphatic hydroxyl groups is 11. The van der Waals surface area contributed by atoms with Crippen LogP contribution in [0.25, 0.3) is 0 Å². The van der Waals surface area contributed by atoms with E-state index in [9.17, 15) is 61.0 Å². The van der Waals surface area contributed by atoms with Gasteiger partial charge < -0.3 is 89.9 Å². The quantitative estimate of drug-likeness (QED) is 0.0199. The molecule has 0 radical (unpaired) electrons. The van der Waals surface area contributed by atoms with E-state index in [0.717, 1.165) is 44.9 Å². The number of allylic oxidation sites excluding steroid dienone is 1. The number of nitrogens with one attached hydrogen (secondary N) is 1. The second kappa shape index (κ2) is 51.0. The number of ether oxygens (including phenoxy) is 6. The topological polar surface area (TPSA) is 307 Å². The highest BCUT2D eigenvalue weighted by Gasteiger charge is 2.53. The van der Waals surface area contributed by atoms with Crippen LogP contribution in [0.2, 0.25) is 0 Å². The van der Waals surface area contributed by atoms with E-state index in [4.69, 9.17) is 28.4 Å². The third-order valence-electron chi connectivity index (χ3n) is 18.1. The van der Waals surface area contributed by atoms with Crippen molar-refractivity contribution in [1.29, 1.82) is 0 Å². The summed E-state index contributed by atoms with van der Waals surface area (Å²) in [6.45, 7) is 1.76. The molecule has 87 heavy (non-hydrogen) atoms. The van der Waals surface area contributed by atoms with Gasteiger partial charge in [0.1, 0.15) is 73.2 Å². The normalized spacial score (nSPS) is 28.6. The van der Waals surface area contributed by atoms with Gasteiger partial charge in [0, 0.05) is 6.42 Å². The van der Waals surface area contributed by atoms with Crippen LogP contribution in [-0.2, 0) is 33.2 Å². The van der Waals surface area contributed by atoms with Gasteiger partial charge in [-0.25, -0.2) is 0 Å². The summed E-state index contributed by atoms with van der Waals surface area (Å²) in [6, 6.07) is -0.968. The van der Waals surface area contributed by atoms with E-state index in [1.54, 1.807) is 6.08 Å². The van der Waals surface area contributed by atoms with E-state index in [1.165, 1.54) is 212 Å². The first kappa shape index (κ1) is 79.8. The fraction of sp³-hybridized carbons (Fsp3) is 0.956. The smallest absolute Gasteiger partial charge is 0.220 e. The van der Waals surface area contributed by atoms with Crippen molar-refractivity contribution in [2.24, 2.45) is 0 Å². The predicted molar refractivity (Wildman–Crippen MR) is 337 cm³/mol. The SMILES string of the molecule is CCCCCCCCCCCCCC/C=C/C(O)C(COC1OC(CO)C(OC2OC(CO)C(OC3OC(CO)C(O)C(O)C3O)C(O)C2O)C(O)C1O)NC(=O)CCCCCCCCCCCCCCCCCCCCCCCCCCCCCC. The Kier molecular flexibility index (Phi) is 46.8. The van der Waals surface area contributed by atoms with E-state index in [-0.39, 0.29) is 18.9 Å². The number of carbonyl (C=O) groups excluding carboxylic acids is 1. The van der Waals surface area contributed by atoms with Gasteiger partial charge in [0.25, 0.3) is 0 Å². The van der Waals surface area contributed by atoms with E-state index in [0.29, 0.717) is 6.42 Å². The molecule has 1 amide bonds. The zero-order chi connectivity index (χ0) is 63.3. The molecule has 0 aromatic heterocycles. The summed E-state index contributed by atoms with van der Waals surface area (Å²) in [4.78, 5) is 13.4. The number of hydrogen-bond donors (Lipinski definition) is 12. The second-order valence-corrected chi connectivity index (χ2v) is 25.7. The molecular weight excluding hydrogens is 1120 g/mol. The van der Waals surface area contributed by atoms with Crippen molar-refractivity contribution in [1.82, 2.24) is 5.32 Å². The Morgan fingerprint density at radius 2 is 0.713 bits per heavy atom. The van der Waals surface area contributed by atoms with Crippen LogP contribution < -0.4 is 5.32 Å². The zero-order valence-electron chi connectivity index (χ0n) is 54.3. The molecule has 514 valence electrons. The van der Waals surface area contributed by atoms with Crippen LogP contribution in [0.3, 0.4) is 0 Å². The molecule has 17 unspecified atom stereocenters. The third-order valence-corrected chi connectivity index (χ3v) is 18.1. The average Bonchev–Trinajstić information content (AvgIpc) is 2.84. The number of carbonyl (C=O) groups is 1. The molecule has 12 N–H and O–H groups in total. The third kappa shape index (κ3) is 33.3. The maximum Gasteiger partial charge on any atom is 0.220 e. The summed E-state index contributed by atoms with van der Waals surface area (Å²) in [5.41, 5.74) is 0. The van der Waals surface area contributed by atoms with Gasteiger partial charge in [0.2, 0.25) is 5.91 Å². The maximum atomic E-state index is 13.4. The highest BCUT2D eigenvalue weighted by molar-refractivity contribution is 5.76. The van der Waals surface area contributed by atoms with E-state index < -0.39 is 124 Å². The van der Waals surface area contributed by atoms with Gasteiger partial charge in [0.05, 0.1) is 38.6 Å². The van der Waals surface area contributed by atoms with Crippen molar-refractivity contribution >= 4 is 5.91 Å². The summed E-state index contributed by atoms with van der Waals surface area (Å²) in [5, 5.41) is 120. The van der Waals surface area contributed by atoms with Crippen LogP contribution in [0.1, 0.15) is 284 Å². The van der Waals surface area contributed by atoms with Crippen LogP contribution in [0.4, 0.5) is 0 Å². The molecule has 19 nitrogen and oxygen atoms in total. The number of rotatable bonds is 55. The lowest BCUT2D eigenvalue weighted by Gasteiger charge is -2.48. The van der Waals surface area contributed by atoms with E-state index >= 15 is 0 Å². The Morgan fingerprint density at radius 1 is 0.402 bits per heavy atom. The Bertz CT molecular complexity index is 1630. The van der Waals surface area contributed by atoms with Crippen molar-refractivity contribution in [3.63, 3.8) is 0 Å². The maximum absolute atomic E-state index is 13.4. The number of unbranched alkanes of at least 4 members (excludes halogenated alkanes) is 39. The Hall–Kier alpha value is -1.47. The summed E-state index contributed by atoms with van der Waals surface area (Å²) in [6.07, 6.45) is 29.2. The Labute approximate surface area is 525 Å². The van der Waals surface area contributed by atoms with Gasteiger partial charge in [-0.2, -0.15) is 0 Å². The largest absolute Gasteiger partial charge is 0.394 e. The molecule has 3 rings (SSSR count). The van der Waals surface area contributed by atoms with Gasteiger partial charge in [-0.15, -0.1) is 0 Å². The van der Waals surface area contributed by atoms with Crippen LogP contribution in [0.5, 0.6) is 0 Å². The number of amides is 1. The lowest BCUT2D eigenvalue weighted by atomic mass is 9.96. The van der Waals surface area contributed by atoms with Gasteiger partial charge >= 0.3 is 0 Å². The summed E-state index contributed by atoms with van der Waals surface area (Å²) < 4.78 is 34.3. The highest BCUT2D eigenvalue weighted by atomic mass is 16.8. The standard InChI is InChI=1S/C68H129NO18/c1-3-5-7-9-11-13-15-17-19-20-21-22-23-24-25-26-27-28-29-30-31-32-34-36-38-40-42-44-46-56(74)69-51(52(73)45-43-41-39-37-35-33-18-16-14-12-10-8-6-4-2)50-82-66-62(80)59(77)64(54(48-71)84-66)87-68-63(81)60(78)65(55(49-72)85-68)86-67-61(79)58(76)57(75)53(47-70)83-67/h43,45,51-55,57-68,70-73,75-81H,3-42,44,46-50H2,1-2H3,(H,69,74)/b45-43+. The minimum atomic E-state index is -1.98. The molecule has 0 spiro atoms. The molecule has 19 heteroatoms. The van der Waals surface area contributed by atoms with E-state index in [1.807, 2.05) is 6.08 Å². The molecule has 0 aromatic rings. The van der Waals surface area contributed by atoms with Crippen molar-refractivity contribution in [3.05, 3.63) is 12.2 Å². The zero-order valence-corrected chi connectivity index (χ0v) is 54.3. The average molecular weight is 1250 g/mol. The first-order valence-electron chi connectivity index (χ1n) is 35.4. The molecule has 0 aliphatic carbocycles. The molecule has 3 aliphatic heterocycles. The first-order chi connectivity index (χ1) is 42.3. The van der Waals surface area contributed by atoms with Crippen LogP contribution in [-0.4, -0.2) is 193 Å². The molecule has 17 atom stereocenters. The van der Waals surface area contributed by atoms with Crippen molar-refractivity contribution in [2.75, 3.05) is 26.4 Å². The lowest BCUT2D eigenvalue weighted by molar-refractivity contribution is -0.379. The molecule has 3 heterocycles. The summed E-state index contributed by atoms with van der Waals surface area (Å²) in [5.74, 6) is -0.270. The van der Waals surface area contributed by atoms with Crippen LogP contribution >= 0.6 is 0 Å². The monoisotopic (exact) mass is 1250 g/mol. The van der Waals surface area contributed by atoms with Crippen molar-refractivity contribution < 1.29 is 89.4 Å². The predicted octanol–water partition coefficient (Wildman–Crippen LogP) is 9.28. The van der Waals surface area contributed by atoms with Gasteiger partial charge in [-0.3, -0.25) is 4.79 Å². The van der Waals surface area contributed by atoms with Crippen molar-refractivity contribution in [2.45, 2.75) is 388 Å². The van der Waals surface area contributed by atoms with Crippen LogP contribution in [0, 0.1) is 0 Å². The summed E-state index contributed by atoms with van der Waals surface area (Å²) in [7, 11) is 0. The number of hydrogen-bond acceptors (Lipinski definition) is 18. The highest BCUT2D eigenvalue weighted by Crippen LogP contribution is 2.33. The molecule has 3 aliphatic rings. The minimum absolute atomic E-state index is 0.250. The molecular formula is C68H129NO18. The lowest BCUT2D eigenvalue weighted by Crippen LogP contribution is -2.66. The molecule has 0 aromatic carbocycles. The van der Waals surface area contributed by atoms with Crippen molar-refractivity contribution in [3.8, 4) is 0 Å². The van der Waals surface area contributed by atoms with E-state index in [2.05, 4.69) is 19.2 Å². The first-order valence-corrected chi connectivity index (χ1v) is 35.4. The molecule has 0 bridgehead atoms. The van der Waals surface area contributed by atoms with Crippen LogP contribution in [0.15, 0.2) is 12.2 Å². The van der Waals surface area contributed by atoms with Gasteiger partial charge in [-0.05, 0) is 19.3 Å². The number of aliphatic hydroxyl groups excluding tert-OH is 11. The summed E-state index contributed by atoms with van der Waals surface area (Å²) >= 11 is 0. The second-order valence-electron chi connectivity index (χ2n) is 25.7. The van der Waals surface area contributed by atoms with Gasteiger partial charge in [-0.1, -0.05) is 270 Å². The van der Waals surface area contributed by atoms with Gasteiger partial charge in [0.15, 0.2) is 18.9 Å². The Morgan fingerprint density at radius 3 is 1.08 bits per heavy atom. The molecule has 0 saturated carbocycles. The molecule has 3 fully saturated rings. The Balaban J connectivity index is 1.39.